The first-order chi connectivity index (χ1) is 15.4. The van der Waals surface area contributed by atoms with Gasteiger partial charge in [-0.15, -0.1) is 0 Å². The van der Waals surface area contributed by atoms with Crippen molar-refractivity contribution in [2.75, 3.05) is 19.7 Å². The lowest BCUT2D eigenvalue weighted by Crippen LogP contribution is -2.54. The highest BCUT2D eigenvalue weighted by atomic mass is 16.5. The van der Waals surface area contributed by atoms with Gasteiger partial charge in [0.25, 0.3) is 5.91 Å². The Labute approximate surface area is 198 Å². The Morgan fingerprint density at radius 2 is 1.64 bits per heavy atom. The second-order valence-electron chi connectivity index (χ2n) is 11.1. The van der Waals surface area contributed by atoms with E-state index in [0.29, 0.717) is 36.8 Å². The van der Waals surface area contributed by atoms with E-state index >= 15 is 0 Å². The molecule has 33 heavy (non-hydrogen) atoms. The third-order valence-electron chi connectivity index (χ3n) is 6.85. The number of amides is 2. The van der Waals surface area contributed by atoms with E-state index in [4.69, 9.17) is 4.74 Å². The number of fused-ring (bicyclic) bond motifs is 2. The molecule has 2 aliphatic rings. The number of aliphatic hydroxyl groups excluding tert-OH is 1. The molecule has 0 spiro atoms. The van der Waals surface area contributed by atoms with Gasteiger partial charge in [-0.1, -0.05) is 6.07 Å². The average molecular weight is 460 g/mol. The van der Waals surface area contributed by atoms with E-state index in [-0.39, 0.29) is 18.4 Å². The number of ether oxygens (including phenoxy) is 1. The molecule has 3 N–H and O–H groups in total. The van der Waals surface area contributed by atoms with Crippen molar-refractivity contribution >= 4 is 11.8 Å². The second-order valence-corrected chi connectivity index (χ2v) is 11.1. The van der Waals surface area contributed by atoms with Gasteiger partial charge in [0.2, 0.25) is 5.91 Å². The topological polar surface area (TPSA) is 90.9 Å². The maximum Gasteiger partial charge on any atom is 0.263 e. The molecule has 2 amide bonds. The lowest BCUT2D eigenvalue weighted by molar-refractivity contribution is -0.134. The van der Waals surface area contributed by atoms with Gasteiger partial charge in [-0.25, -0.2) is 0 Å². The fourth-order valence-corrected chi connectivity index (χ4v) is 5.22. The highest BCUT2D eigenvalue weighted by Gasteiger charge is 2.42. The molecule has 1 aromatic carbocycles. The number of piperidine rings is 1. The molecule has 0 aliphatic carbocycles. The lowest BCUT2D eigenvalue weighted by Gasteiger charge is -2.39. The molecule has 2 bridgehead atoms. The van der Waals surface area contributed by atoms with Crippen LogP contribution in [0.1, 0.15) is 64.5 Å². The third-order valence-corrected chi connectivity index (χ3v) is 6.85. The van der Waals surface area contributed by atoms with Gasteiger partial charge >= 0.3 is 0 Å². The number of hydrogen-bond donors (Lipinski definition) is 3. The van der Waals surface area contributed by atoms with Crippen LogP contribution in [0, 0.1) is 19.8 Å². The number of hydrogen-bond acceptors (Lipinski definition) is 5. The Kier molecular flexibility index (Phi) is 7.74. The molecule has 184 valence electrons. The van der Waals surface area contributed by atoms with Gasteiger partial charge in [0, 0.05) is 18.6 Å². The van der Waals surface area contributed by atoms with E-state index in [0.717, 1.165) is 36.8 Å². The summed E-state index contributed by atoms with van der Waals surface area (Å²) in [6, 6.07) is 6.72. The van der Waals surface area contributed by atoms with E-state index in [2.05, 4.69) is 21.6 Å². The highest BCUT2D eigenvalue weighted by molar-refractivity contribution is 5.84. The van der Waals surface area contributed by atoms with Crippen LogP contribution >= 0.6 is 0 Å². The Morgan fingerprint density at radius 1 is 1.06 bits per heavy atom. The summed E-state index contributed by atoms with van der Waals surface area (Å²) >= 11 is 0. The molecule has 2 heterocycles. The monoisotopic (exact) mass is 459 g/mol. The number of carbonyl (C=O) groups is 2. The molecule has 3 rings (SSSR count). The zero-order valence-electron chi connectivity index (χ0n) is 21.0. The Bertz CT molecular complexity index is 833. The second kappa shape index (κ2) is 10.0. The third kappa shape index (κ3) is 6.70. The summed E-state index contributed by atoms with van der Waals surface area (Å²) in [5.41, 5.74) is 0.650. The Hall–Kier alpha value is -2.12. The van der Waals surface area contributed by atoms with Crippen molar-refractivity contribution in [3.8, 4) is 5.75 Å². The van der Waals surface area contributed by atoms with Crippen LogP contribution in [0.15, 0.2) is 18.2 Å². The number of aliphatic hydroxyl groups is 1. The van der Waals surface area contributed by atoms with Gasteiger partial charge < -0.3 is 20.5 Å². The van der Waals surface area contributed by atoms with Gasteiger partial charge in [0.05, 0.1) is 18.7 Å². The zero-order valence-corrected chi connectivity index (χ0v) is 21.0. The number of benzene rings is 1. The molecule has 0 unspecified atom stereocenters. The van der Waals surface area contributed by atoms with E-state index in [1.165, 1.54) is 0 Å². The fourth-order valence-electron chi connectivity index (χ4n) is 5.22. The van der Waals surface area contributed by atoms with Crippen LogP contribution in [-0.4, -0.2) is 64.7 Å². The smallest absolute Gasteiger partial charge is 0.263 e. The van der Waals surface area contributed by atoms with Crippen molar-refractivity contribution < 1.29 is 19.4 Å². The summed E-state index contributed by atoms with van der Waals surface area (Å²) in [7, 11) is 0. The molecule has 7 nitrogen and oxygen atoms in total. The Balaban J connectivity index is 1.50. The summed E-state index contributed by atoms with van der Waals surface area (Å²) in [4.78, 5) is 27.7. The van der Waals surface area contributed by atoms with E-state index in [1.807, 2.05) is 39.8 Å². The van der Waals surface area contributed by atoms with Crippen LogP contribution in [0.25, 0.3) is 0 Å². The van der Waals surface area contributed by atoms with Gasteiger partial charge in [0.1, 0.15) is 5.75 Å². The summed E-state index contributed by atoms with van der Waals surface area (Å²) in [6.07, 6.45) is 4.14. The van der Waals surface area contributed by atoms with Crippen molar-refractivity contribution in [3.63, 3.8) is 0 Å². The first-order valence-electron chi connectivity index (χ1n) is 12.1. The molecule has 0 aromatic heterocycles. The maximum absolute atomic E-state index is 12.9. The van der Waals surface area contributed by atoms with Crippen molar-refractivity contribution in [2.45, 2.75) is 90.4 Å². The van der Waals surface area contributed by atoms with Crippen LogP contribution in [0.4, 0.5) is 0 Å². The number of aryl methyl sites for hydroxylation is 2. The summed E-state index contributed by atoms with van der Waals surface area (Å²) < 4.78 is 6.05. The van der Waals surface area contributed by atoms with Crippen molar-refractivity contribution in [3.05, 3.63) is 29.3 Å². The van der Waals surface area contributed by atoms with Crippen molar-refractivity contribution in [1.82, 2.24) is 15.5 Å². The van der Waals surface area contributed by atoms with E-state index in [1.54, 1.807) is 13.8 Å². The van der Waals surface area contributed by atoms with Gasteiger partial charge in [-0.3, -0.25) is 14.5 Å². The molecule has 0 saturated carbocycles. The molecule has 0 radical (unpaired) electrons. The highest BCUT2D eigenvalue weighted by Crippen LogP contribution is 2.38. The molecule has 7 heteroatoms. The van der Waals surface area contributed by atoms with Gasteiger partial charge in [0.15, 0.2) is 5.60 Å². The zero-order chi connectivity index (χ0) is 24.4. The summed E-state index contributed by atoms with van der Waals surface area (Å²) in [6.45, 7) is 12.2. The van der Waals surface area contributed by atoms with E-state index < -0.39 is 11.1 Å². The van der Waals surface area contributed by atoms with Crippen molar-refractivity contribution in [1.29, 1.82) is 0 Å². The molecule has 2 fully saturated rings. The molecule has 1 aromatic rings. The SMILES string of the molecule is Cc1cc(C)cc(OC(C)(C)C(=O)NC[C@@H]2C[C@H]3CC[C@@H](C2)N3CC(=O)NC(C)(C)CO)c1. The summed E-state index contributed by atoms with van der Waals surface area (Å²) in [5.74, 6) is 0.961. The minimum atomic E-state index is -0.961. The fraction of sp³-hybridized carbons (Fsp3) is 0.692. The van der Waals surface area contributed by atoms with Crippen LogP contribution in [0.5, 0.6) is 5.75 Å². The minimum Gasteiger partial charge on any atom is -0.478 e. The predicted molar refractivity (Wildman–Crippen MR) is 129 cm³/mol. The quantitative estimate of drug-likeness (QED) is 0.528. The molecule has 2 saturated heterocycles. The first kappa shape index (κ1) is 25.5. The first-order valence-corrected chi connectivity index (χ1v) is 12.1. The van der Waals surface area contributed by atoms with Gasteiger partial charge in [-0.2, -0.15) is 0 Å². The van der Waals surface area contributed by atoms with Gasteiger partial charge in [-0.05, 0) is 96.4 Å². The lowest BCUT2D eigenvalue weighted by atomic mass is 9.90. The number of carbonyl (C=O) groups excluding carboxylic acids is 2. The van der Waals surface area contributed by atoms with E-state index in [9.17, 15) is 14.7 Å². The Morgan fingerprint density at radius 3 is 2.18 bits per heavy atom. The predicted octanol–water partition coefficient (Wildman–Crippen LogP) is 2.71. The normalized spacial score (nSPS) is 23.3. The minimum absolute atomic E-state index is 0.0389. The molecular weight excluding hydrogens is 418 g/mol. The summed E-state index contributed by atoms with van der Waals surface area (Å²) in [5, 5.41) is 15.4. The average Bonchev–Trinajstić information content (AvgIpc) is 2.92. The van der Waals surface area contributed by atoms with Crippen LogP contribution in [-0.2, 0) is 9.59 Å². The molecule has 3 atom stereocenters. The number of nitrogens with zero attached hydrogens (tertiary/aromatic N) is 1. The van der Waals surface area contributed by atoms with Crippen molar-refractivity contribution in [2.24, 2.45) is 5.92 Å². The van der Waals surface area contributed by atoms with Crippen LogP contribution in [0.3, 0.4) is 0 Å². The number of rotatable bonds is 9. The molecular formula is C26H41N3O4. The van der Waals surface area contributed by atoms with Crippen LogP contribution in [0.2, 0.25) is 0 Å². The van der Waals surface area contributed by atoms with Crippen LogP contribution < -0.4 is 15.4 Å². The number of nitrogens with one attached hydrogen (secondary N) is 2. The maximum atomic E-state index is 12.9. The standard InChI is InChI=1S/C26H41N3O4/c1-17-9-18(2)11-22(10-17)33-26(5,6)24(32)27-14-19-12-20-7-8-21(13-19)29(20)15-23(31)28-25(3,4)16-30/h9-11,19-21,30H,7-8,12-16H2,1-6H3,(H,27,32)(H,28,31)/t19-,20-,21+. The molecule has 2 aliphatic heterocycles. The largest absolute Gasteiger partial charge is 0.478 e.